The fourth-order valence-electron chi connectivity index (χ4n) is 4.51. The average Bonchev–Trinajstić information content (AvgIpc) is 3.17. The highest BCUT2D eigenvalue weighted by molar-refractivity contribution is 5.89. The molecule has 2 aliphatic heterocycles. The van der Waals surface area contributed by atoms with Crippen LogP contribution in [0.2, 0.25) is 0 Å². The van der Waals surface area contributed by atoms with Gasteiger partial charge in [-0.05, 0) is 62.9 Å². The number of amides is 2. The topological polar surface area (TPSA) is 73.3 Å². The lowest BCUT2D eigenvalue weighted by atomic mass is 10.0. The van der Waals surface area contributed by atoms with Gasteiger partial charge >= 0.3 is 12.2 Å². The Kier molecular flexibility index (Phi) is 6.00. The second-order valence-corrected chi connectivity index (χ2v) is 9.46. The maximum atomic E-state index is 12.7. The van der Waals surface area contributed by atoms with E-state index in [-0.39, 0.29) is 12.1 Å². The summed E-state index contributed by atoms with van der Waals surface area (Å²) in [7, 11) is 0. The lowest BCUT2D eigenvalue weighted by Crippen LogP contribution is -2.56. The first-order chi connectivity index (χ1) is 15.2. The number of carbonyl (C=O) groups is 2. The molecule has 1 unspecified atom stereocenters. The Bertz CT molecular complexity index is 986. The highest BCUT2D eigenvalue weighted by Crippen LogP contribution is 2.33. The van der Waals surface area contributed by atoms with E-state index in [1.54, 1.807) is 4.90 Å². The zero-order chi connectivity index (χ0) is 22.9. The molecule has 0 spiro atoms. The van der Waals surface area contributed by atoms with E-state index in [1.165, 1.54) is 10.5 Å². The molecule has 0 aliphatic carbocycles. The summed E-state index contributed by atoms with van der Waals surface area (Å²) >= 11 is 0. The summed E-state index contributed by atoms with van der Waals surface area (Å²) in [5.41, 5.74) is 3.58. The maximum Gasteiger partial charge on any atom is 0.411 e. The minimum atomic E-state index is -0.913. The molecule has 2 aromatic carbocycles. The van der Waals surface area contributed by atoms with E-state index in [4.69, 9.17) is 4.74 Å². The summed E-state index contributed by atoms with van der Waals surface area (Å²) in [5.74, 6) is 0. The Morgan fingerprint density at radius 1 is 1.06 bits per heavy atom. The number of fused-ring (bicyclic) bond motifs is 1. The van der Waals surface area contributed by atoms with Crippen LogP contribution in [0.3, 0.4) is 0 Å². The quantitative estimate of drug-likeness (QED) is 0.771. The Balaban J connectivity index is 1.58. The molecule has 0 bridgehead atoms. The van der Waals surface area contributed by atoms with Gasteiger partial charge in [0.1, 0.15) is 5.60 Å². The molecule has 1 N–H and O–H groups in total. The lowest BCUT2D eigenvalue weighted by molar-refractivity contribution is 0.0214. The third kappa shape index (κ3) is 4.82. The van der Waals surface area contributed by atoms with Gasteiger partial charge in [0.25, 0.3) is 0 Å². The van der Waals surface area contributed by atoms with E-state index in [2.05, 4.69) is 23.1 Å². The molecule has 1 atom stereocenters. The van der Waals surface area contributed by atoms with Crippen molar-refractivity contribution in [1.29, 1.82) is 0 Å². The number of carboxylic acid groups (broad SMARTS) is 1. The molecule has 2 heterocycles. The number of ether oxygens (including phenoxy) is 1. The van der Waals surface area contributed by atoms with Crippen LogP contribution >= 0.6 is 0 Å². The Hall–Kier alpha value is -3.22. The van der Waals surface area contributed by atoms with E-state index >= 15 is 0 Å². The first-order valence-electron chi connectivity index (χ1n) is 11.1. The van der Waals surface area contributed by atoms with E-state index in [0.29, 0.717) is 26.2 Å². The summed E-state index contributed by atoms with van der Waals surface area (Å²) in [6.07, 6.45) is 0.334. The van der Waals surface area contributed by atoms with Crippen molar-refractivity contribution in [3.8, 4) is 0 Å². The van der Waals surface area contributed by atoms with Crippen LogP contribution in [0.5, 0.6) is 0 Å². The summed E-state index contributed by atoms with van der Waals surface area (Å²) in [6.45, 7) is 7.99. The van der Waals surface area contributed by atoms with E-state index in [0.717, 1.165) is 29.8 Å². The molecule has 2 amide bonds. The van der Waals surface area contributed by atoms with Gasteiger partial charge < -0.3 is 19.6 Å². The predicted octanol–water partition coefficient (Wildman–Crippen LogP) is 4.40. The molecule has 170 valence electrons. The summed E-state index contributed by atoms with van der Waals surface area (Å²) in [6, 6.07) is 16.4. The van der Waals surface area contributed by atoms with Gasteiger partial charge in [-0.3, -0.25) is 4.90 Å². The lowest BCUT2D eigenvalue weighted by Gasteiger charge is -2.43. The maximum absolute atomic E-state index is 12.7. The van der Waals surface area contributed by atoms with Crippen LogP contribution in [0.15, 0.2) is 48.5 Å². The molecule has 4 rings (SSSR count). The summed E-state index contributed by atoms with van der Waals surface area (Å²) in [4.78, 5) is 29.8. The third-order valence-corrected chi connectivity index (χ3v) is 5.97. The Labute approximate surface area is 189 Å². The highest BCUT2D eigenvalue weighted by Gasteiger charge is 2.33. The van der Waals surface area contributed by atoms with Crippen molar-refractivity contribution in [2.75, 3.05) is 36.0 Å². The standard InChI is InChI=1S/C25H31N3O4/c1-25(2,3)32-24(31)26-13-14-27(21(17-26)15-18-7-5-4-6-8-18)20-9-10-22-19(16-20)11-12-28(22)23(29)30/h4-10,16,21H,11-15,17H2,1-3H3,(H,29,30). The molecule has 1 fully saturated rings. The fourth-order valence-corrected chi connectivity index (χ4v) is 4.51. The molecular formula is C25H31N3O4. The van der Waals surface area contributed by atoms with Crippen molar-refractivity contribution >= 4 is 23.6 Å². The molecule has 2 aromatic rings. The molecule has 1 saturated heterocycles. The number of nitrogens with zero attached hydrogens (tertiary/aromatic N) is 3. The monoisotopic (exact) mass is 437 g/mol. The van der Waals surface area contributed by atoms with Crippen LogP contribution in [0, 0.1) is 0 Å². The van der Waals surface area contributed by atoms with Crippen LogP contribution in [0.25, 0.3) is 0 Å². The number of piperazine rings is 1. The molecule has 0 radical (unpaired) electrons. The largest absolute Gasteiger partial charge is 0.465 e. The molecule has 7 nitrogen and oxygen atoms in total. The molecule has 0 aromatic heterocycles. The zero-order valence-corrected chi connectivity index (χ0v) is 19.0. The first kappa shape index (κ1) is 22.0. The van der Waals surface area contributed by atoms with Crippen molar-refractivity contribution in [2.24, 2.45) is 0 Å². The van der Waals surface area contributed by atoms with Gasteiger partial charge in [-0.1, -0.05) is 30.3 Å². The van der Waals surface area contributed by atoms with Crippen molar-refractivity contribution in [1.82, 2.24) is 4.90 Å². The van der Waals surface area contributed by atoms with Crippen LogP contribution in [-0.4, -0.2) is 60.0 Å². The summed E-state index contributed by atoms with van der Waals surface area (Å²) < 4.78 is 5.62. The zero-order valence-electron chi connectivity index (χ0n) is 19.0. The first-order valence-corrected chi connectivity index (χ1v) is 11.1. The van der Waals surface area contributed by atoms with Crippen molar-refractivity contribution < 1.29 is 19.4 Å². The van der Waals surface area contributed by atoms with Gasteiger partial charge in [-0.25, -0.2) is 9.59 Å². The van der Waals surface area contributed by atoms with Gasteiger partial charge in [0.2, 0.25) is 0 Å². The van der Waals surface area contributed by atoms with Gasteiger partial charge in [-0.15, -0.1) is 0 Å². The smallest absolute Gasteiger partial charge is 0.411 e. The van der Waals surface area contributed by atoms with Crippen molar-refractivity contribution in [3.63, 3.8) is 0 Å². The van der Waals surface area contributed by atoms with Crippen molar-refractivity contribution in [3.05, 3.63) is 59.7 Å². The Morgan fingerprint density at radius 3 is 2.50 bits per heavy atom. The molecule has 0 saturated carbocycles. The van der Waals surface area contributed by atoms with Crippen LogP contribution in [0.4, 0.5) is 21.0 Å². The van der Waals surface area contributed by atoms with Gasteiger partial charge in [0, 0.05) is 31.9 Å². The van der Waals surface area contributed by atoms with Crippen molar-refractivity contribution in [2.45, 2.75) is 45.3 Å². The SMILES string of the molecule is CC(C)(C)OC(=O)N1CCN(c2ccc3c(c2)CCN3C(=O)O)C(Cc2ccccc2)C1. The number of hydrogen-bond donors (Lipinski definition) is 1. The number of benzene rings is 2. The van der Waals surface area contributed by atoms with Crippen LogP contribution in [0.1, 0.15) is 31.9 Å². The molecule has 32 heavy (non-hydrogen) atoms. The number of rotatable bonds is 3. The number of anilines is 2. The highest BCUT2D eigenvalue weighted by atomic mass is 16.6. The van der Waals surface area contributed by atoms with Gasteiger partial charge in [-0.2, -0.15) is 0 Å². The van der Waals surface area contributed by atoms with E-state index in [9.17, 15) is 14.7 Å². The third-order valence-electron chi connectivity index (χ3n) is 5.97. The normalized spacial score (nSPS) is 18.5. The molecule has 7 heteroatoms. The second kappa shape index (κ2) is 8.73. The summed E-state index contributed by atoms with van der Waals surface area (Å²) in [5, 5.41) is 9.41. The van der Waals surface area contributed by atoms with E-state index in [1.807, 2.05) is 51.1 Å². The second-order valence-electron chi connectivity index (χ2n) is 9.46. The minimum Gasteiger partial charge on any atom is -0.465 e. The minimum absolute atomic E-state index is 0.0914. The Morgan fingerprint density at radius 2 is 1.81 bits per heavy atom. The predicted molar refractivity (Wildman–Crippen MR) is 125 cm³/mol. The van der Waals surface area contributed by atoms with Gasteiger partial charge in [0.05, 0.1) is 11.7 Å². The van der Waals surface area contributed by atoms with E-state index < -0.39 is 11.7 Å². The van der Waals surface area contributed by atoms with Crippen LogP contribution < -0.4 is 9.80 Å². The molecule has 2 aliphatic rings. The number of carbonyl (C=O) groups excluding carboxylic acids is 1. The number of hydrogen-bond acceptors (Lipinski definition) is 4. The average molecular weight is 438 g/mol. The molecular weight excluding hydrogens is 406 g/mol. The van der Waals surface area contributed by atoms with Gasteiger partial charge in [0.15, 0.2) is 0 Å². The fraction of sp³-hybridized carbons (Fsp3) is 0.440. The van der Waals surface area contributed by atoms with Crippen LogP contribution in [-0.2, 0) is 17.6 Å².